The molecule has 1 atom stereocenters. The van der Waals surface area contributed by atoms with Gasteiger partial charge in [0.05, 0.1) is 23.8 Å². The third-order valence-electron chi connectivity index (χ3n) is 2.91. The van der Waals surface area contributed by atoms with E-state index in [0.717, 1.165) is 13.0 Å². The summed E-state index contributed by atoms with van der Waals surface area (Å²) in [6.45, 7) is 7.86. The second-order valence-corrected chi connectivity index (χ2v) is 5.19. The van der Waals surface area contributed by atoms with E-state index in [1.54, 1.807) is 0 Å². The van der Waals surface area contributed by atoms with Gasteiger partial charge in [-0.15, -0.1) is 0 Å². The number of hydrogen-bond donors (Lipinski definition) is 1. The van der Waals surface area contributed by atoms with Crippen LogP contribution < -0.4 is 5.32 Å². The fourth-order valence-electron chi connectivity index (χ4n) is 2.20. The topological polar surface area (TPSA) is 29.9 Å². The Morgan fingerprint density at radius 1 is 1.50 bits per heavy atom. The molecule has 0 saturated heterocycles. The van der Waals surface area contributed by atoms with Gasteiger partial charge >= 0.3 is 0 Å². The number of aromatic nitrogens is 2. The predicted molar refractivity (Wildman–Crippen MR) is 57.1 cm³/mol. The third kappa shape index (κ3) is 1.46. The molecule has 2 heterocycles. The molecule has 0 saturated carbocycles. The molecule has 0 aliphatic carbocycles. The zero-order valence-electron chi connectivity index (χ0n) is 9.46. The van der Waals surface area contributed by atoms with Gasteiger partial charge in [0.15, 0.2) is 0 Å². The lowest BCUT2D eigenvalue weighted by molar-refractivity contribution is 0.253. The Morgan fingerprint density at radius 2 is 2.21 bits per heavy atom. The molecule has 0 aromatic carbocycles. The standard InChI is InChI=1S/C11H19N3/c1-11(2,3)10-9-8(5-6-12-10)13-7-14(9)4/h7,10,12H,5-6H2,1-4H3. The smallest absolute Gasteiger partial charge is 0.0949 e. The molecule has 14 heavy (non-hydrogen) atoms. The van der Waals surface area contributed by atoms with Crippen molar-refractivity contribution < 1.29 is 0 Å². The molecule has 1 aliphatic heterocycles. The van der Waals surface area contributed by atoms with Crippen LogP contribution in [-0.4, -0.2) is 16.1 Å². The summed E-state index contributed by atoms with van der Waals surface area (Å²) in [5, 5.41) is 3.58. The molecule has 3 nitrogen and oxygen atoms in total. The van der Waals surface area contributed by atoms with Gasteiger partial charge in [-0.3, -0.25) is 0 Å². The molecule has 0 amide bonds. The highest BCUT2D eigenvalue weighted by Crippen LogP contribution is 2.35. The maximum Gasteiger partial charge on any atom is 0.0949 e. The SMILES string of the molecule is Cn1cnc2c1C(C(C)(C)C)NCC2. The quantitative estimate of drug-likeness (QED) is 0.679. The molecule has 1 aromatic rings. The number of rotatable bonds is 0. The first-order valence-corrected chi connectivity index (χ1v) is 5.23. The zero-order chi connectivity index (χ0) is 10.3. The van der Waals surface area contributed by atoms with Crippen LogP contribution in [0.15, 0.2) is 6.33 Å². The van der Waals surface area contributed by atoms with Crippen LogP contribution in [0.25, 0.3) is 0 Å². The van der Waals surface area contributed by atoms with Gasteiger partial charge in [-0.2, -0.15) is 0 Å². The molecule has 78 valence electrons. The summed E-state index contributed by atoms with van der Waals surface area (Å²) in [5.41, 5.74) is 2.89. The maximum atomic E-state index is 4.44. The second kappa shape index (κ2) is 3.09. The van der Waals surface area contributed by atoms with E-state index in [9.17, 15) is 0 Å². The Labute approximate surface area is 85.5 Å². The summed E-state index contributed by atoms with van der Waals surface area (Å²) in [5.74, 6) is 0. The Hall–Kier alpha value is -0.830. The molecule has 1 unspecified atom stereocenters. The fourth-order valence-corrected chi connectivity index (χ4v) is 2.20. The van der Waals surface area contributed by atoms with E-state index in [0.29, 0.717) is 6.04 Å². The van der Waals surface area contributed by atoms with Crippen molar-refractivity contribution in [2.45, 2.75) is 33.2 Å². The van der Waals surface area contributed by atoms with E-state index < -0.39 is 0 Å². The summed E-state index contributed by atoms with van der Waals surface area (Å²) in [4.78, 5) is 4.44. The van der Waals surface area contributed by atoms with Gasteiger partial charge in [0.25, 0.3) is 0 Å². The average molecular weight is 193 g/mol. The minimum Gasteiger partial charge on any atom is -0.336 e. The number of nitrogens with zero attached hydrogens (tertiary/aromatic N) is 2. The fraction of sp³-hybridized carbons (Fsp3) is 0.727. The summed E-state index contributed by atoms with van der Waals surface area (Å²) in [6, 6.07) is 0.429. The zero-order valence-corrected chi connectivity index (χ0v) is 9.46. The molecule has 0 bridgehead atoms. The van der Waals surface area contributed by atoms with Crippen molar-refractivity contribution in [2.24, 2.45) is 12.5 Å². The molecule has 0 spiro atoms. The Balaban J connectivity index is 2.44. The molecule has 3 heteroatoms. The van der Waals surface area contributed by atoms with Crippen molar-refractivity contribution in [3.05, 3.63) is 17.7 Å². The summed E-state index contributed by atoms with van der Waals surface area (Å²) >= 11 is 0. The summed E-state index contributed by atoms with van der Waals surface area (Å²) in [7, 11) is 2.08. The Bertz CT molecular complexity index is 333. The molecule has 1 aliphatic rings. The second-order valence-electron chi connectivity index (χ2n) is 5.19. The van der Waals surface area contributed by atoms with E-state index in [2.05, 4.69) is 42.7 Å². The van der Waals surface area contributed by atoms with Gasteiger partial charge in [-0.1, -0.05) is 20.8 Å². The summed E-state index contributed by atoms with van der Waals surface area (Å²) < 4.78 is 2.15. The van der Waals surface area contributed by atoms with Crippen LogP contribution in [-0.2, 0) is 13.5 Å². The number of imidazole rings is 1. The van der Waals surface area contributed by atoms with E-state index in [1.165, 1.54) is 11.4 Å². The minimum atomic E-state index is 0.253. The van der Waals surface area contributed by atoms with Crippen molar-refractivity contribution in [3.63, 3.8) is 0 Å². The van der Waals surface area contributed by atoms with Crippen molar-refractivity contribution in [3.8, 4) is 0 Å². The maximum absolute atomic E-state index is 4.44. The first kappa shape index (κ1) is 9.71. The highest BCUT2D eigenvalue weighted by molar-refractivity contribution is 5.22. The van der Waals surface area contributed by atoms with Crippen molar-refractivity contribution in [1.29, 1.82) is 0 Å². The molecule has 0 radical (unpaired) electrons. The largest absolute Gasteiger partial charge is 0.336 e. The first-order valence-electron chi connectivity index (χ1n) is 5.23. The van der Waals surface area contributed by atoms with Crippen LogP contribution in [0.4, 0.5) is 0 Å². The molecular weight excluding hydrogens is 174 g/mol. The molecule has 0 fully saturated rings. The van der Waals surface area contributed by atoms with Crippen LogP contribution in [0, 0.1) is 5.41 Å². The Kier molecular flexibility index (Phi) is 2.14. The molecule has 2 rings (SSSR count). The third-order valence-corrected chi connectivity index (χ3v) is 2.91. The molecule has 1 aromatic heterocycles. The van der Waals surface area contributed by atoms with Crippen LogP contribution in [0.1, 0.15) is 38.2 Å². The lowest BCUT2D eigenvalue weighted by Gasteiger charge is -2.35. The number of nitrogens with one attached hydrogen (secondary N) is 1. The highest BCUT2D eigenvalue weighted by Gasteiger charge is 2.32. The molecule has 1 N–H and O–H groups in total. The van der Waals surface area contributed by atoms with Crippen LogP contribution in [0.3, 0.4) is 0 Å². The van der Waals surface area contributed by atoms with Crippen LogP contribution in [0.5, 0.6) is 0 Å². The van der Waals surface area contributed by atoms with Crippen molar-refractivity contribution in [1.82, 2.24) is 14.9 Å². The van der Waals surface area contributed by atoms with E-state index in [4.69, 9.17) is 0 Å². The van der Waals surface area contributed by atoms with Crippen molar-refractivity contribution >= 4 is 0 Å². The number of aryl methyl sites for hydroxylation is 1. The lowest BCUT2D eigenvalue weighted by atomic mass is 9.82. The van der Waals surface area contributed by atoms with E-state index >= 15 is 0 Å². The lowest BCUT2D eigenvalue weighted by Crippen LogP contribution is -2.38. The van der Waals surface area contributed by atoms with E-state index in [-0.39, 0.29) is 5.41 Å². The number of fused-ring (bicyclic) bond motifs is 1. The van der Waals surface area contributed by atoms with Gasteiger partial charge in [0.1, 0.15) is 0 Å². The highest BCUT2D eigenvalue weighted by atomic mass is 15.1. The summed E-state index contributed by atoms with van der Waals surface area (Å²) in [6.07, 6.45) is 2.99. The van der Waals surface area contributed by atoms with Gasteiger partial charge in [-0.25, -0.2) is 4.98 Å². The first-order chi connectivity index (χ1) is 6.50. The monoisotopic (exact) mass is 193 g/mol. The van der Waals surface area contributed by atoms with E-state index in [1.807, 2.05) is 6.33 Å². The molecular formula is C11H19N3. The van der Waals surface area contributed by atoms with Gasteiger partial charge in [0, 0.05) is 20.0 Å². The van der Waals surface area contributed by atoms with Crippen LogP contribution >= 0.6 is 0 Å². The van der Waals surface area contributed by atoms with Gasteiger partial charge in [0.2, 0.25) is 0 Å². The predicted octanol–water partition coefficient (Wildman–Crippen LogP) is 1.65. The normalized spacial score (nSPS) is 22.1. The Morgan fingerprint density at radius 3 is 2.86 bits per heavy atom. The average Bonchev–Trinajstić information content (AvgIpc) is 2.46. The van der Waals surface area contributed by atoms with Gasteiger partial charge in [-0.05, 0) is 5.41 Å². The number of hydrogen-bond acceptors (Lipinski definition) is 2. The minimum absolute atomic E-state index is 0.253. The van der Waals surface area contributed by atoms with Gasteiger partial charge < -0.3 is 9.88 Å². The van der Waals surface area contributed by atoms with Crippen LogP contribution in [0.2, 0.25) is 0 Å². The van der Waals surface area contributed by atoms with Crippen molar-refractivity contribution in [2.75, 3.05) is 6.54 Å².